The fourth-order valence-corrected chi connectivity index (χ4v) is 4.65. The normalized spacial score (nSPS) is 14.2. The Morgan fingerprint density at radius 1 is 1.03 bits per heavy atom. The minimum Gasteiger partial charge on any atom is -0.467 e. The summed E-state index contributed by atoms with van der Waals surface area (Å²) in [6.07, 6.45) is 3.28. The maximum Gasteiger partial charge on any atom is 0.256 e. The molecule has 192 valence electrons. The number of nitrogens with one attached hydrogen (secondary N) is 4. The first-order chi connectivity index (χ1) is 18.3. The van der Waals surface area contributed by atoms with Crippen LogP contribution in [0.4, 0.5) is 5.69 Å². The number of amides is 3. The monoisotopic (exact) mass is 508 g/mol. The Balaban J connectivity index is 1.39. The Bertz CT molecular complexity index is 1550. The largest absolute Gasteiger partial charge is 0.467 e. The molecule has 0 saturated heterocycles. The van der Waals surface area contributed by atoms with Crippen LogP contribution in [0.1, 0.15) is 67.5 Å². The van der Waals surface area contributed by atoms with E-state index in [9.17, 15) is 14.4 Å². The molecule has 0 spiro atoms. The van der Waals surface area contributed by atoms with E-state index in [4.69, 9.17) is 4.42 Å². The van der Waals surface area contributed by atoms with Gasteiger partial charge in [-0.2, -0.15) is 0 Å². The summed E-state index contributed by atoms with van der Waals surface area (Å²) in [5.41, 5.74) is 5.70. The van der Waals surface area contributed by atoms with Gasteiger partial charge in [0.25, 0.3) is 17.7 Å². The number of hydrogen-bond donors (Lipinski definition) is 4. The number of rotatable bonds is 7. The third kappa shape index (κ3) is 4.88. The first-order valence-electron chi connectivity index (χ1n) is 12.3. The van der Waals surface area contributed by atoms with Crippen LogP contribution in [-0.4, -0.2) is 22.7 Å². The summed E-state index contributed by atoms with van der Waals surface area (Å²) < 4.78 is 5.28. The quantitative estimate of drug-likeness (QED) is 0.259. The van der Waals surface area contributed by atoms with Crippen molar-refractivity contribution in [2.45, 2.75) is 33.4 Å². The number of aromatic amines is 1. The summed E-state index contributed by atoms with van der Waals surface area (Å²) >= 11 is 0. The molecule has 3 amide bonds. The lowest BCUT2D eigenvalue weighted by Crippen LogP contribution is -2.26. The number of aryl methyl sites for hydroxylation is 1. The van der Waals surface area contributed by atoms with E-state index in [2.05, 4.69) is 20.9 Å². The molecule has 1 atom stereocenters. The van der Waals surface area contributed by atoms with Crippen molar-refractivity contribution in [1.82, 2.24) is 15.6 Å². The van der Waals surface area contributed by atoms with Crippen LogP contribution in [-0.2, 0) is 11.3 Å². The van der Waals surface area contributed by atoms with Gasteiger partial charge in [-0.05, 0) is 68.3 Å². The summed E-state index contributed by atoms with van der Waals surface area (Å²) in [6, 6.07) is 18.2. The molecule has 5 rings (SSSR count). The lowest BCUT2D eigenvalue weighted by molar-refractivity contribution is -0.110. The Morgan fingerprint density at radius 3 is 2.55 bits per heavy atom. The van der Waals surface area contributed by atoms with E-state index in [0.29, 0.717) is 45.1 Å². The van der Waals surface area contributed by atoms with E-state index in [0.717, 1.165) is 11.1 Å². The van der Waals surface area contributed by atoms with Gasteiger partial charge in [0.15, 0.2) is 0 Å². The van der Waals surface area contributed by atoms with Crippen molar-refractivity contribution < 1.29 is 18.8 Å². The highest BCUT2D eigenvalue weighted by Crippen LogP contribution is 2.35. The predicted octanol–water partition coefficient (Wildman–Crippen LogP) is 5.14. The summed E-state index contributed by atoms with van der Waals surface area (Å²) in [5, 5.41) is 8.73. The average molecular weight is 509 g/mol. The molecular formula is C30H28N4O4. The Morgan fingerprint density at radius 2 is 1.82 bits per heavy atom. The van der Waals surface area contributed by atoms with E-state index in [1.807, 2.05) is 51.1 Å². The van der Waals surface area contributed by atoms with Crippen LogP contribution in [0.2, 0.25) is 0 Å². The Labute approximate surface area is 220 Å². The predicted molar refractivity (Wildman–Crippen MR) is 145 cm³/mol. The molecule has 3 heterocycles. The topological polar surface area (TPSA) is 116 Å². The molecule has 8 heteroatoms. The van der Waals surface area contributed by atoms with Crippen molar-refractivity contribution >= 4 is 35.1 Å². The maximum absolute atomic E-state index is 13.0. The highest BCUT2D eigenvalue weighted by molar-refractivity contribution is 6.35. The van der Waals surface area contributed by atoms with Gasteiger partial charge in [-0.15, -0.1) is 0 Å². The minimum absolute atomic E-state index is 0.173. The van der Waals surface area contributed by atoms with Gasteiger partial charge in [0.05, 0.1) is 30.0 Å². The highest BCUT2D eigenvalue weighted by Gasteiger charge is 2.27. The van der Waals surface area contributed by atoms with E-state index in [1.54, 1.807) is 42.7 Å². The number of carbonyl (C=O) groups excluding carboxylic acids is 3. The standard InChI is InChI=1S/C30H28N4O4/c1-17-26(32-19(3)27(17)30(37)31-16-22-10-7-13-38-22)15-24-23-14-21(11-12-25(23)34-29(24)36)28(35)33-18(2)20-8-5-4-6-9-20/h4-15,18,32H,16H2,1-3H3,(H,31,37)(H,33,35)(H,34,36)/b24-15-/t18-/m1/s1. The molecule has 1 aliphatic heterocycles. The molecule has 2 aromatic carbocycles. The van der Waals surface area contributed by atoms with Gasteiger partial charge >= 0.3 is 0 Å². The van der Waals surface area contributed by atoms with E-state index in [-0.39, 0.29) is 30.3 Å². The number of anilines is 1. The van der Waals surface area contributed by atoms with Crippen molar-refractivity contribution in [1.29, 1.82) is 0 Å². The molecule has 8 nitrogen and oxygen atoms in total. The Kier molecular flexibility index (Phi) is 6.70. The summed E-state index contributed by atoms with van der Waals surface area (Å²) in [4.78, 5) is 42.0. The summed E-state index contributed by atoms with van der Waals surface area (Å²) in [5.74, 6) is -0.0835. The van der Waals surface area contributed by atoms with E-state index < -0.39 is 0 Å². The summed E-state index contributed by atoms with van der Waals surface area (Å²) in [6.45, 7) is 5.85. The van der Waals surface area contributed by atoms with E-state index >= 15 is 0 Å². The Hall–Kier alpha value is -4.85. The molecule has 0 bridgehead atoms. The van der Waals surface area contributed by atoms with Crippen LogP contribution in [0, 0.1) is 13.8 Å². The van der Waals surface area contributed by atoms with Crippen LogP contribution >= 0.6 is 0 Å². The second-order valence-electron chi connectivity index (χ2n) is 9.30. The SMILES string of the molecule is Cc1[nH]c(/C=C2\C(=O)Nc3ccc(C(=O)N[C@H](C)c4ccccc4)cc32)c(C)c1C(=O)NCc1ccco1. The first kappa shape index (κ1) is 24.8. The van der Waals surface area contributed by atoms with Gasteiger partial charge in [0.2, 0.25) is 0 Å². The molecule has 4 aromatic rings. The maximum atomic E-state index is 13.0. The third-order valence-electron chi connectivity index (χ3n) is 6.71. The molecular weight excluding hydrogens is 480 g/mol. The number of hydrogen-bond acceptors (Lipinski definition) is 4. The van der Waals surface area contributed by atoms with Gasteiger partial charge in [0, 0.05) is 28.2 Å². The zero-order valence-corrected chi connectivity index (χ0v) is 21.3. The molecule has 38 heavy (non-hydrogen) atoms. The molecule has 2 aromatic heterocycles. The zero-order valence-electron chi connectivity index (χ0n) is 21.3. The van der Waals surface area contributed by atoms with Crippen molar-refractivity contribution in [3.8, 4) is 0 Å². The fraction of sp³-hybridized carbons (Fsp3) is 0.167. The third-order valence-corrected chi connectivity index (χ3v) is 6.71. The van der Waals surface area contributed by atoms with Crippen LogP contribution in [0.15, 0.2) is 71.3 Å². The molecule has 4 N–H and O–H groups in total. The lowest BCUT2D eigenvalue weighted by Gasteiger charge is -2.14. The van der Waals surface area contributed by atoms with Crippen molar-refractivity contribution in [2.75, 3.05) is 5.32 Å². The van der Waals surface area contributed by atoms with Gasteiger partial charge in [0.1, 0.15) is 5.76 Å². The van der Waals surface area contributed by atoms with Crippen LogP contribution in [0.25, 0.3) is 11.6 Å². The number of carbonyl (C=O) groups is 3. The highest BCUT2D eigenvalue weighted by atomic mass is 16.3. The number of H-pyrrole nitrogens is 1. The van der Waals surface area contributed by atoms with Crippen LogP contribution in [0.3, 0.4) is 0 Å². The molecule has 0 unspecified atom stereocenters. The number of aromatic nitrogens is 1. The van der Waals surface area contributed by atoms with Crippen molar-refractivity contribution in [3.63, 3.8) is 0 Å². The number of furan rings is 1. The number of benzene rings is 2. The molecule has 0 radical (unpaired) electrons. The number of fused-ring (bicyclic) bond motifs is 1. The van der Waals surface area contributed by atoms with Crippen molar-refractivity contribution in [2.24, 2.45) is 0 Å². The van der Waals surface area contributed by atoms with Crippen LogP contribution < -0.4 is 16.0 Å². The van der Waals surface area contributed by atoms with Crippen LogP contribution in [0.5, 0.6) is 0 Å². The molecule has 0 saturated carbocycles. The second kappa shape index (κ2) is 10.3. The van der Waals surface area contributed by atoms with Gasteiger partial charge in [-0.3, -0.25) is 14.4 Å². The average Bonchev–Trinajstić information content (AvgIpc) is 3.61. The van der Waals surface area contributed by atoms with Gasteiger partial charge < -0.3 is 25.4 Å². The first-order valence-corrected chi connectivity index (χ1v) is 12.3. The second-order valence-corrected chi connectivity index (χ2v) is 9.30. The molecule has 0 fully saturated rings. The van der Waals surface area contributed by atoms with Gasteiger partial charge in [-0.1, -0.05) is 30.3 Å². The van der Waals surface area contributed by atoms with Crippen molar-refractivity contribution in [3.05, 3.63) is 112 Å². The van der Waals surface area contributed by atoms with E-state index in [1.165, 1.54) is 0 Å². The van der Waals surface area contributed by atoms with Gasteiger partial charge in [-0.25, -0.2) is 0 Å². The lowest BCUT2D eigenvalue weighted by atomic mass is 10.0. The fourth-order valence-electron chi connectivity index (χ4n) is 4.65. The smallest absolute Gasteiger partial charge is 0.256 e. The molecule has 1 aliphatic rings. The zero-order chi connectivity index (χ0) is 26.8. The minimum atomic E-state index is -0.273. The summed E-state index contributed by atoms with van der Waals surface area (Å²) in [7, 11) is 0. The molecule has 0 aliphatic carbocycles.